The molecule has 2 aliphatic heterocycles. The molecule has 0 radical (unpaired) electrons. The van der Waals surface area contributed by atoms with Gasteiger partial charge in [0.1, 0.15) is 23.5 Å². The number of aromatic nitrogens is 1. The van der Waals surface area contributed by atoms with Gasteiger partial charge in [0.2, 0.25) is 0 Å². The molecule has 1 N–H and O–H groups in total. The van der Waals surface area contributed by atoms with E-state index < -0.39 is 5.41 Å². The smallest absolute Gasteiger partial charge is 0.159 e. The number of para-hydroxylation sites is 2. The standard InChI is InChI=1S/C57H38N4O/c1-3-14-37(15-4-1)38-27-29-40(30-28-38)55-59-54(39-16-5-2-6-17-39)60-56(61-55)45-21-12-20-43(35-45)41-18-11-19-42(34-41)44-31-32-46-47-22-13-33-58-53(47)57(50(46)36-44)48-23-7-9-25-51(48)62-52-26-10-8-24-49(52)57/h1-36,54H,(H,59,60,61). The van der Waals surface area contributed by atoms with Crippen molar-refractivity contribution in [3.8, 4) is 56.0 Å². The largest absolute Gasteiger partial charge is 0.457 e. The van der Waals surface area contributed by atoms with Gasteiger partial charge in [0.05, 0.1) is 11.1 Å². The first-order valence-electron chi connectivity index (χ1n) is 21.0. The van der Waals surface area contributed by atoms with Gasteiger partial charge in [-0.25, -0.2) is 9.98 Å². The highest BCUT2D eigenvalue weighted by atomic mass is 16.5. The van der Waals surface area contributed by atoms with Crippen LogP contribution in [0.15, 0.2) is 229 Å². The maximum Gasteiger partial charge on any atom is 0.159 e. The molecule has 12 rings (SSSR count). The molecule has 9 aromatic rings. The molecule has 3 heterocycles. The molecule has 1 aromatic heterocycles. The Kier molecular flexibility index (Phi) is 8.39. The van der Waals surface area contributed by atoms with Gasteiger partial charge in [-0.15, -0.1) is 0 Å². The van der Waals surface area contributed by atoms with Crippen LogP contribution in [0.3, 0.4) is 0 Å². The van der Waals surface area contributed by atoms with Crippen LogP contribution in [-0.2, 0) is 5.41 Å². The van der Waals surface area contributed by atoms with Crippen LogP contribution in [-0.4, -0.2) is 16.7 Å². The maximum atomic E-state index is 6.56. The number of ether oxygens (including phenoxy) is 1. The Labute approximate surface area is 360 Å². The lowest BCUT2D eigenvalue weighted by atomic mass is 9.67. The Bertz CT molecular complexity index is 3200. The van der Waals surface area contributed by atoms with Crippen molar-refractivity contribution >= 4 is 11.7 Å². The Hall–Kier alpha value is -8.15. The average Bonchev–Trinajstić information content (AvgIpc) is 3.64. The second kappa shape index (κ2) is 14.5. The highest BCUT2D eigenvalue weighted by molar-refractivity contribution is 6.13. The number of nitrogens with one attached hydrogen (secondary N) is 1. The Morgan fingerprint density at radius 2 is 0.968 bits per heavy atom. The van der Waals surface area contributed by atoms with Crippen molar-refractivity contribution in [2.45, 2.75) is 11.6 Å². The van der Waals surface area contributed by atoms with Gasteiger partial charge in [-0.2, -0.15) is 0 Å². The van der Waals surface area contributed by atoms with Crippen LogP contribution in [0.2, 0.25) is 0 Å². The minimum Gasteiger partial charge on any atom is -0.457 e. The summed E-state index contributed by atoms with van der Waals surface area (Å²) in [6, 6.07) is 74.8. The maximum absolute atomic E-state index is 6.56. The molecule has 1 aliphatic carbocycles. The van der Waals surface area contributed by atoms with E-state index in [4.69, 9.17) is 19.7 Å². The lowest BCUT2D eigenvalue weighted by molar-refractivity contribution is 0.434. The molecule has 0 bridgehead atoms. The first-order chi connectivity index (χ1) is 30.7. The fourth-order valence-corrected chi connectivity index (χ4v) is 9.56. The van der Waals surface area contributed by atoms with E-state index in [9.17, 15) is 0 Å². The Morgan fingerprint density at radius 1 is 0.419 bits per heavy atom. The molecule has 0 saturated carbocycles. The molecule has 3 aliphatic rings. The molecule has 5 heteroatoms. The van der Waals surface area contributed by atoms with Crippen molar-refractivity contribution in [1.82, 2.24) is 10.3 Å². The first-order valence-corrected chi connectivity index (χ1v) is 21.0. The number of pyridine rings is 1. The van der Waals surface area contributed by atoms with Crippen LogP contribution >= 0.6 is 0 Å². The van der Waals surface area contributed by atoms with E-state index in [2.05, 4.69) is 187 Å². The zero-order chi connectivity index (χ0) is 41.0. The zero-order valence-electron chi connectivity index (χ0n) is 33.6. The van der Waals surface area contributed by atoms with E-state index in [0.29, 0.717) is 5.84 Å². The topological polar surface area (TPSA) is 58.9 Å². The van der Waals surface area contributed by atoms with Crippen molar-refractivity contribution < 1.29 is 4.74 Å². The summed E-state index contributed by atoms with van der Waals surface area (Å²) in [6.45, 7) is 0. The molecule has 0 saturated heterocycles. The van der Waals surface area contributed by atoms with Gasteiger partial charge in [-0.3, -0.25) is 4.98 Å². The summed E-state index contributed by atoms with van der Waals surface area (Å²) in [5.74, 6) is 3.19. The SMILES string of the molecule is c1ccc(-c2ccc(C3=NC(c4ccccc4)NC(c4cccc(-c5cccc(-c6ccc7c(c6)C6(c8ccccc8Oc8ccccc86)c6ncccc6-7)c5)c4)=N3)cc2)cc1. The predicted molar refractivity (Wildman–Crippen MR) is 250 cm³/mol. The van der Waals surface area contributed by atoms with Crippen LogP contribution in [0.25, 0.3) is 44.5 Å². The third-order valence-corrected chi connectivity index (χ3v) is 12.5. The van der Waals surface area contributed by atoms with Crippen LogP contribution in [0.1, 0.15) is 45.2 Å². The summed E-state index contributed by atoms with van der Waals surface area (Å²) in [5.41, 5.74) is 16.0. The third kappa shape index (κ3) is 5.81. The minimum absolute atomic E-state index is 0.293. The number of hydrogen-bond acceptors (Lipinski definition) is 5. The summed E-state index contributed by atoms with van der Waals surface area (Å²) in [4.78, 5) is 15.4. The lowest BCUT2D eigenvalue weighted by Gasteiger charge is -2.38. The number of hydrogen-bond donors (Lipinski definition) is 1. The highest BCUT2D eigenvalue weighted by Crippen LogP contribution is 2.61. The van der Waals surface area contributed by atoms with E-state index in [0.717, 1.165) is 84.2 Å². The van der Waals surface area contributed by atoms with Gasteiger partial charge in [0.25, 0.3) is 0 Å². The molecule has 8 aromatic carbocycles. The van der Waals surface area contributed by atoms with Crippen molar-refractivity contribution in [1.29, 1.82) is 0 Å². The number of amidine groups is 2. The van der Waals surface area contributed by atoms with Gasteiger partial charge >= 0.3 is 0 Å². The molecule has 1 unspecified atom stereocenters. The molecular formula is C57H38N4O. The molecule has 62 heavy (non-hydrogen) atoms. The minimum atomic E-state index is -0.628. The molecule has 1 atom stereocenters. The monoisotopic (exact) mass is 794 g/mol. The lowest BCUT2D eigenvalue weighted by Crippen LogP contribution is -2.33. The molecule has 0 fully saturated rings. The van der Waals surface area contributed by atoms with Crippen LogP contribution in [0.5, 0.6) is 11.5 Å². The van der Waals surface area contributed by atoms with Gasteiger partial charge in [-0.1, -0.05) is 176 Å². The zero-order valence-corrected chi connectivity index (χ0v) is 33.6. The van der Waals surface area contributed by atoms with Crippen LogP contribution < -0.4 is 10.1 Å². The Morgan fingerprint density at radius 3 is 1.68 bits per heavy atom. The number of rotatable bonds is 6. The molecule has 0 amide bonds. The predicted octanol–water partition coefficient (Wildman–Crippen LogP) is 13.0. The summed E-state index contributed by atoms with van der Waals surface area (Å²) < 4.78 is 6.56. The average molecular weight is 795 g/mol. The van der Waals surface area contributed by atoms with Gasteiger partial charge in [-0.05, 0) is 86.5 Å². The fourth-order valence-electron chi connectivity index (χ4n) is 9.56. The van der Waals surface area contributed by atoms with E-state index in [1.54, 1.807) is 0 Å². The van der Waals surface area contributed by atoms with Gasteiger partial charge < -0.3 is 10.1 Å². The number of fused-ring (bicyclic) bond motifs is 9. The van der Waals surface area contributed by atoms with E-state index in [1.807, 2.05) is 36.5 Å². The highest BCUT2D eigenvalue weighted by Gasteiger charge is 2.52. The number of aliphatic imine (C=N–C) groups is 2. The second-order valence-electron chi connectivity index (χ2n) is 16.0. The summed E-state index contributed by atoms with van der Waals surface area (Å²) >= 11 is 0. The van der Waals surface area contributed by atoms with Crippen molar-refractivity contribution in [3.05, 3.63) is 258 Å². The normalized spacial score (nSPS) is 15.2. The third-order valence-electron chi connectivity index (χ3n) is 12.5. The number of nitrogens with zero attached hydrogens (tertiary/aromatic N) is 3. The van der Waals surface area contributed by atoms with Crippen LogP contribution in [0.4, 0.5) is 0 Å². The molecule has 5 nitrogen and oxygen atoms in total. The van der Waals surface area contributed by atoms with Crippen LogP contribution in [0, 0.1) is 0 Å². The van der Waals surface area contributed by atoms with Crippen molar-refractivity contribution in [2.24, 2.45) is 9.98 Å². The van der Waals surface area contributed by atoms with E-state index in [-0.39, 0.29) is 6.17 Å². The van der Waals surface area contributed by atoms with Crippen molar-refractivity contribution in [3.63, 3.8) is 0 Å². The second-order valence-corrected chi connectivity index (χ2v) is 16.0. The quantitative estimate of drug-likeness (QED) is 0.182. The van der Waals surface area contributed by atoms with E-state index >= 15 is 0 Å². The molecule has 1 spiro atoms. The summed E-state index contributed by atoms with van der Waals surface area (Å²) in [7, 11) is 0. The van der Waals surface area contributed by atoms with Crippen molar-refractivity contribution in [2.75, 3.05) is 0 Å². The summed E-state index contributed by atoms with van der Waals surface area (Å²) in [6.07, 6.45) is 1.62. The number of benzene rings is 8. The summed E-state index contributed by atoms with van der Waals surface area (Å²) in [5, 5.41) is 3.66. The fraction of sp³-hybridized carbons (Fsp3) is 0.0351. The molecular weight excluding hydrogens is 757 g/mol. The van der Waals surface area contributed by atoms with E-state index in [1.165, 1.54) is 16.7 Å². The van der Waals surface area contributed by atoms with Gasteiger partial charge in [0.15, 0.2) is 5.84 Å². The first kappa shape index (κ1) is 35.8. The Balaban J connectivity index is 0.926. The van der Waals surface area contributed by atoms with Gasteiger partial charge in [0, 0.05) is 34.0 Å². The molecule has 292 valence electrons.